The molecule has 0 saturated carbocycles. The number of benzene rings is 1. The fraction of sp³-hybridized carbons (Fsp3) is 0.200. The second kappa shape index (κ2) is 5.37. The molecule has 1 aromatic carbocycles. The molecule has 1 unspecified atom stereocenters. The zero-order chi connectivity index (χ0) is 13.8. The van der Waals surface area contributed by atoms with E-state index in [0.717, 1.165) is 0 Å². The predicted octanol–water partition coefficient (Wildman–Crippen LogP) is -2.83. The van der Waals surface area contributed by atoms with E-state index in [9.17, 15) is 23.3 Å². The third kappa shape index (κ3) is 2.52. The number of hydrogen-bond donors (Lipinski definition) is 2. The Labute approximate surface area is 156 Å². The van der Waals surface area contributed by atoms with Crippen LogP contribution in [0, 0.1) is 5.21 Å². The van der Waals surface area contributed by atoms with Crippen LogP contribution < -0.4 is 56.3 Å². The van der Waals surface area contributed by atoms with Crippen molar-refractivity contribution in [3.8, 4) is 17.0 Å². The standard InChI is InChI=1S/C10H8N2O6S.K/c13-5-1-2-6-7(3-5)9(19(15,16)17)4-8-10(6)11-18-12(8)14;/h1-3,9,13H,4H2,(H,15,16,17);/q;+1. The molecule has 2 N–H and O–H groups in total. The number of fused-ring (bicyclic) bond motifs is 3. The maximum Gasteiger partial charge on any atom is 1.00 e. The van der Waals surface area contributed by atoms with Crippen LogP contribution in [0.15, 0.2) is 22.8 Å². The second-order valence-electron chi connectivity index (χ2n) is 4.20. The van der Waals surface area contributed by atoms with Crippen LogP contribution in [-0.2, 0) is 16.5 Å². The topological polar surface area (TPSA) is 128 Å². The van der Waals surface area contributed by atoms with Crippen molar-refractivity contribution in [2.24, 2.45) is 0 Å². The first-order valence-electron chi connectivity index (χ1n) is 5.26. The molecule has 2 aromatic rings. The van der Waals surface area contributed by atoms with Gasteiger partial charge in [0.1, 0.15) is 11.0 Å². The first-order chi connectivity index (χ1) is 8.88. The molecule has 1 aliphatic rings. The maximum absolute atomic E-state index is 11.4. The fourth-order valence-corrected chi connectivity index (χ4v) is 3.11. The second-order valence-corrected chi connectivity index (χ2v) is 5.80. The monoisotopic (exact) mass is 323 g/mol. The minimum atomic E-state index is -4.43. The number of rotatable bonds is 1. The van der Waals surface area contributed by atoms with Crippen LogP contribution in [0.25, 0.3) is 11.3 Å². The van der Waals surface area contributed by atoms with Crippen LogP contribution in [0.1, 0.15) is 16.5 Å². The largest absolute Gasteiger partial charge is 1.00 e. The Morgan fingerprint density at radius 1 is 1.45 bits per heavy atom. The number of nitrogens with zero attached hydrogens (tertiary/aromatic N) is 2. The molecule has 20 heavy (non-hydrogen) atoms. The first-order valence-corrected chi connectivity index (χ1v) is 6.76. The Kier molecular flexibility index (Phi) is 4.26. The van der Waals surface area contributed by atoms with Gasteiger partial charge in [-0.2, -0.15) is 8.42 Å². The third-order valence-electron chi connectivity index (χ3n) is 3.08. The summed E-state index contributed by atoms with van der Waals surface area (Å²) < 4.78 is 36.5. The average Bonchev–Trinajstić information content (AvgIpc) is 2.68. The van der Waals surface area contributed by atoms with Gasteiger partial charge in [-0.3, -0.25) is 9.18 Å². The minimum Gasteiger partial charge on any atom is -0.508 e. The average molecular weight is 323 g/mol. The summed E-state index contributed by atoms with van der Waals surface area (Å²) >= 11 is 0. The molecule has 0 aliphatic heterocycles. The summed E-state index contributed by atoms with van der Waals surface area (Å²) in [5, 5.41) is 23.0. The van der Waals surface area contributed by atoms with Gasteiger partial charge in [-0.25, -0.2) is 0 Å². The summed E-state index contributed by atoms with van der Waals surface area (Å²) in [4.78, 5) is 0.114. The Bertz CT molecular complexity index is 772. The van der Waals surface area contributed by atoms with Crippen molar-refractivity contribution < 1.29 is 79.0 Å². The zero-order valence-electron chi connectivity index (χ0n) is 10.3. The molecule has 1 aliphatic carbocycles. The van der Waals surface area contributed by atoms with Gasteiger partial charge in [0.15, 0.2) is 0 Å². The van der Waals surface area contributed by atoms with Crippen LogP contribution in [0.3, 0.4) is 0 Å². The molecule has 100 valence electrons. The summed E-state index contributed by atoms with van der Waals surface area (Å²) in [6, 6.07) is 3.97. The molecule has 1 aromatic heterocycles. The number of hydrogen-bond acceptors (Lipinski definition) is 6. The van der Waals surface area contributed by atoms with Crippen molar-refractivity contribution in [3.63, 3.8) is 0 Å². The van der Waals surface area contributed by atoms with Crippen molar-refractivity contribution in [1.29, 1.82) is 0 Å². The normalized spacial score (nSPS) is 16.9. The molecule has 8 nitrogen and oxygen atoms in total. The number of phenols is 1. The van der Waals surface area contributed by atoms with Gasteiger partial charge in [-0.15, -0.1) is 0 Å². The molecule has 0 saturated heterocycles. The summed E-state index contributed by atoms with van der Waals surface area (Å²) in [5.41, 5.74) is 0.759. The first kappa shape index (κ1) is 15.9. The van der Waals surface area contributed by atoms with E-state index < -0.39 is 15.4 Å². The van der Waals surface area contributed by atoms with Crippen molar-refractivity contribution >= 4 is 10.1 Å². The van der Waals surface area contributed by atoms with E-state index in [1.165, 1.54) is 18.2 Å². The minimum absolute atomic E-state index is 0. The van der Waals surface area contributed by atoms with Crippen LogP contribution in [-0.4, -0.2) is 23.2 Å². The van der Waals surface area contributed by atoms with Crippen molar-refractivity contribution in [2.45, 2.75) is 11.7 Å². The summed E-state index contributed by atoms with van der Waals surface area (Å²) in [6.45, 7) is 0. The molecule has 0 bridgehead atoms. The van der Waals surface area contributed by atoms with Crippen LogP contribution in [0.4, 0.5) is 0 Å². The molecule has 1 atom stereocenters. The number of aromatic nitrogens is 2. The smallest absolute Gasteiger partial charge is 0.508 e. The van der Waals surface area contributed by atoms with E-state index in [4.69, 9.17) is 0 Å². The SMILES string of the molecule is O=S(=O)(O)C1Cc2c(no[n+]2[O-])-c2ccc(O)cc21.[K+]. The summed E-state index contributed by atoms with van der Waals surface area (Å²) in [6.07, 6.45) is -0.266. The molecule has 0 amide bonds. The van der Waals surface area contributed by atoms with Gasteiger partial charge >= 0.3 is 51.4 Å². The Morgan fingerprint density at radius 3 is 2.80 bits per heavy atom. The quantitative estimate of drug-likeness (QED) is 0.329. The molecule has 3 rings (SSSR count). The Balaban J connectivity index is 0.00000147. The Hall–Kier alpha value is -0.494. The van der Waals surface area contributed by atoms with Crippen LogP contribution in [0.5, 0.6) is 5.75 Å². The Morgan fingerprint density at radius 2 is 2.15 bits per heavy atom. The molecule has 10 heteroatoms. The maximum atomic E-state index is 11.4. The van der Waals surface area contributed by atoms with Crippen molar-refractivity contribution in [1.82, 2.24) is 5.16 Å². The zero-order valence-corrected chi connectivity index (χ0v) is 14.3. The number of aromatic hydroxyl groups is 1. The van der Waals surface area contributed by atoms with Gasteiger partial charge < -0.3 is 10.3 Å². The van der Waals surface area contributed by atoms with Gasteiger partial charge in [-0.05, 0) is 28.7 Å². The molecular formula is C10H8KN2O6S+. The molecule has 0 spiro atoms. The van der Waals surface area contributed by atoms with Crippen LogP contribution >= 0.6 is 0 Å². The van der Waals surface area contributed by atoms with Gasteiger partial charge in [0.05, 0.1) is 0 Å². The van der Waals surface area contributed by atoms with Crippen molar-refractivity contribution in [3.05, 3.63) is 34.7 Å². The van der Waals surface area contributed by atoms with Gasteiger partial charge in [0.25, 0.3) is 15.8 Å². The number of phenolic OH excluding ortho intramolecular Hbond substituents is 1. The molecule has 1 heterocycles. The molecule has 0 fully saturated rings. The van der Waals surface area contributed by atoms with Gasteiger partial charge in [-0.1, -0.05) is 0 Å². The van der Waals surface area contributed by atoms with E-state index in [-0.39, 0.29) is 85.4 Å². The van der Waals surface area contributed by atoms with Gasteiger partial charge in [0.2, 0.25) is 5.69 Å². The van der Waals surface area contributed by atoms with E-state index in [1.54, 1.807) is 0 Å². The van der Waals surface area contributed by atoms with Crippen molar-refractivity contribution in [2.75, 3.05) is 0 Å². The van der Waals surface area contributed by atoms with E-state index in [1.807, 2.05) is 0 Å². The third-order valence-corrected chi connectivity index (χ3v) is 4.22. The molecular weight excluding hydrogens is 315 g/mol. The fourth-order valence-electron chi connectivity index (χ4n) is 2.23. The van der Waals surface area contributed by atoms with Crippen LogP contribution in [0.2, 0.25) is 0 Å². The van der Waals surface area contributed by atoms with E-state index >= 15 is 0 Å². The summed E-state index contributed by atoms with van der Waals surface area (Å²) in [5.74, 6) is -0.144. The predicted molar refractivity (Wildman–Crippen MR) is 60.6 cm³/mol. The van der Waals surface area contributed by atoms with E-state index in [0.29, 0.717) is 5.56 Å². The van der Waals surface area contributed by atoms with Gasteiger partial charge in [0, 0.05) is 17.1 Å². The van der Waals surface area contributed by atoms with E-state index in [2.05, 4.69) is 9.79 Å². The summed E-state index contributed by atoms with van der Waals surface area (Å²) in [7, 11) is -4.43. The molecule has 0 radical (unpaired) electrons.